The zero-order valence-electron chi connectivity index (χ0n) is 8.93. The average Bonchev–Trinajstić information content (AvgIpc) is 2.16. The molecule has 0 aliphatic carbocycles. The molecule has 0 saturated heterocycles. The Kier molecular flexibility index (Phi) is 4.41. The molecule has 2 nitrogen and oxygen atoms in total. The van der Waals surface area contributed by atoms with Crippen molar-refractivity contribution >= 4 is 21.8 Å². The smallest absolute Gasteiger partial charge is 0.233 e. The van der Waals surface area contributed by atoms with Crippen LogP contribution in [0.25, 0.3) is 0 Å². The molecule has 2 unspecified atom stereocenters. The summed E-state index contributed by atoms with van der Waals surface area (Å²) in [5.74, 6) is -1.53. The average molecular weight is 292 g/mol. The summed E-state index contributed by atoms with van der Waals surface area (Å²) in [4.78, 5) is 11.0. The van der Waals surface area contributed by atoms with E-state index >= 15 is 0 Å². The molecule has 0 heterocycles. The van der Waals surface area contributed by atoms with Gasteiger partial charge in [0.1, 0.15) is 11.6 Å². The van der Waals surface area contributed by atoms with Gasteiger partial charge in [-0.2, -0.15) is 0 Å². The lowest BCUT2D eigenvalue weighted by molar-refractivity contribution is -0.120. The second kappa shape index (κ2) is 5.39. The first-order valence-electron chi connectivity index (χ1n) is 4.81. The zero-order chi connectivity index (χ0) is 12.3. The van der Waals surface area contributed by atoms with Gasteiger partial charge in [-0.3, -0.25) is 4.79 Å². The van der Waals surface area contributed by atoms with E-state index in [0.29, 0.717) is 0 Å². The maximum Gasteiger partial charge on any atom is 0.233 e. The van der Waals surface area contributed by atoms with Gasteiger partial charge >= 0.3 is 0 Å². The Morgan fingerprint density at radius 3 is 2.50 bits per heavy atom. The quantitative estimate of drug-likeness (QED) is 0.853. The lowest BCUT2D eigenvalue weighted by Gasteiger charge is -2.16. The Hall–Kier alpha value is -0.970. The highest BCUT2D eigenvalue weighted by Crippen LogP contribution is 2.18. The van der Waals surface area contributed by atoms with Gasteiger partial charge in [-0.25, -0.2) is 8.78 Å². The molecule has 1 amide bonds. The molecule has 0 aromatic heterocycles. The van der Waals surface area contributed by atoms with Crippen molar-refractivity contribution < 1.29 is 13.6 Å². The van der Waals surface area contributed by atoms with Crippen molar-refractivity contribution in [2.45, 2.75) is 24.7 Å². The third kappa shape index (κ3) is 3.27. The summed E-state index contributed by atoms with van der Waals surface area (Å²) in [5, 5.41) is 2.61. The van der Waals surface area contributed by atoms with E-state index in [9.17, 15) is 13.6 Å². The summed E-state index contributed by atoms with van der Waals surface area (Å²) < 4.78 is 26.0. The van der Waals surface area contributed by atoms with Crippen molar-refractivity contribution in [3.05, 3.63) is 35.4 Å². The highest BCUT2D eigenvalue weighted by atomic mass is 79.9. The number of nitrogens with one attached hydrogen (secondary N) is 1. The molecule has 0 fully saturated rings. The summed E-state index contributed by atoms with van der Waals surface area (Å²) in [6.07, 6.45) is 0. The minimum Gasteiger partial charge on any atom is -0.349 e. The maximum absolute atomic E-state index is 13.3. The Bertz CT molecular complexity index is 396. The van der Waals surface area contributed by atoms with E-state index in [1.165, 1.54) is 12.1 Å². The van der Waals surface area contributed by atoms with Crippen molar-refractivity contribution in [3.63, 3.8) is 0 Å². The van der Waals surface area contributed by atoms with Gasteiger partial charge in [0.2, 0.25) is 5.91 Å². The van der Waals surface area contributed by atoms with Gasteiger partial charge in [-0.15, -0.1) is 0 Å². The molecule has 1 aromatic rings. The van der Waals surface area contributed by atoms with Crippen LogP contribution in [0.15, 0.2) is 18.2 Å². The third-order valence-electron chi connectivity index (χ3n) is 2.15. The van der Waals surface area contributed by atoms with E-state index < -0.39 is 17.7 Å². The summed E-state index contributed by atoms with van der Waals surface area (Å²) in [6, 6.07) is 2.80. The fourth-order valence-electron chi connectivity index (χ4n) is 1.26. The van der Waals surface area contributed by atoms with Crippen molar-refractivity contribution in [2.75, 3.05) is 0 Å². The number of halogens is 3. The van der Waals surface area contributed by atoms with Gasteiger partial charge in [0.15, 0.2) is 0 Å². The monoisotopic (exact) mass is 291 g/mol. The molecule has 0 saturated carbocycles. The van der Waals surface area contributed by atoms with Crippen molar-refractivity contribution in [1.82, 2.24) is 5.32 Å². The van der Waals surface area contributed by atoms with E-state index in [1.54, 1.807) is 13.8 Å². The van der Waals surface area contributed by atoms with Crippen LogP contribution in [-0.2, 0) is 4.79 Å². The molecular formula is C11H12BrF2NO. The Labute approximate surface area is 101 Å². The number of carbonyl (C=O) groups excluding carboxylic acids is 1. The van der Waals surface area contributed by atoms with Gasteiger partial charge in [0.25, 0.3) is 0 Å². The molecule has 0 spiro atoms. The van der Waals surface area contributed by atoms with E-state index in [-0.39, 0.29) is 16.3 Å². The van der Waals surface area contributed by atoms with Crippen molar-refractivity contribution in [3.8, 4) is 0 Å². The van der Waals surface area contributed by atoms with Crippen LogP contribution in [0.1, 0.15) is 25.5 Å². The number of benzene rings is 1. The molecule has 1 rings (SSSR count). The number of amides is 1. The molecule has 0 radical (unpaired) electrons. The summed E-state index contributed by atoms with van der Waals surface area (Å²) in [7, 11) is 0. The van der Waals surface area contributed by atoms with Crippen LogP contribution in [0.2, 0.25) is 0 Å². The van der Waals surface area contributed by atoms with E-state index in [2.05, 4.69) is 21.2 Å². The van der Waals surface area contributed by atoms with Crippen LogP contribution in [0, 0.1) is 11.6 Å². The lowest BCUT2D eigenvalue weighted by Crippen LogP contribution is -2.32. The molecule has 5 heteroatoms. The summed E-state index contributed by atoms with van der Waals surface area (Å²) >= 11 is 3.11. The fourth-order valence-corrected chi connectivity index (χ4v) is 1.39. The predicted octanol–water partition coefficient (Wildman–Crippen LogP) is 2.93. The molecule has 88 valence electrons. The predicted molar refractivity (Wildman–Crippen MR) is 61.3 cm³/mol. The Morgan fingerprint density at radius 1 is 1.38 bits per heavy atom. The molecule has 2 atom stereocenters. The molecule has 1 N–H and O–H groups in total. The molecule has 0 aliphatic heterocycles. The molecule has 0 aliphatic rings. The van der Waals surface area contributed by atoms with Crippen LogP contribution in [-0.4, -0.2) is 10.7 Å². The third-order valence-corrected chi connectivity index (χ3v) is 2.56. The Morgan fingerprint density at radius 2 is 2.00 bits per heavy atom. The van der Waals surface area contributed by atoms with Gasteiger partial charge in [0.05, 0.1) is 10.9 Å². The normalized spacial score (nSPS) is 14.3. The first-order chi connectivity index (χ1) is 7.41. The Balaban J connectivity index is 2.80. The number of hydrogen-bond donors (Lipinski definition) is 1. The highest BCUT2D eigenvalue weighted by molar-refractivity contribution is 9.10. The minimum absolute atomic E-state index is 0.240. The van der Waals surface area contributed by atoms with Gasteiger partial charge in [-0.05, 0) is 19.9 Å². The maximum atomic E-state index is 13.3. The fraction of sp³-hybridized carbons (Fsp3) is 0.364. The van der Waals surface area contributed by atoms with E-state index in [1.807, 2.05) is 0 Å². The van der Waals surface area contributed by atoms with Crippen LogP contribution < -0.4 is 5.32 Å². The molecular weight excluding hydrogens is 280 g/mol. The number of alkyl halides is 1. The number of hydrogen-bond acceptors (Lipinski definition) is 1. The van der Waals surface area contributed by atoms with Crippen LogP contribution in [0.4, 0.5) is 8.78 Å². The topological polar surface area (TPSA) is 29.1 Å². The lowest BCUT2D eigenvalue weighted by atomic mass is 10.1. The van der Waals surface area contributed by atoms with Crippen LogP contribution in [0.5, 0.6) is 0 Å². The standard InChI is InChI=1S/C11H12BrF2NO/c1-6(12)11(16)15-7(2)9-4-3-8(13)5-10(9)14/h3-7H,1-2H3,(H,15,16). The van der Waals surface area contributed by atoms with E-state index in [0.717, 1.165) is 6.07 Å². The number of carbonyl (C=O) groups is 1. The first kappa shape index (κ1) is 13.1. The van der Waals surface area contributed by atoms with Gasteiger partial charge in [0, 0.05) is 11.6 Å². The van der Waals surface area contributed by atoms with Crippen molar-refractivity contribution in [2.24, 2.45) is 0 Å². The number of rotatable bonds is 3. The van der Waals surface area contributed by atoms with Gasteiger partial charge in [-0.1, -0.05) is 22.0 Å². The van der Waals surface area contributed by atoms with Crippen LogP contribution >= 0.6 is 15.9 Å². The molecule has 16 heavy (non-hydrogen) atoms. The second-order valence-electron chi connectivity index (χ2n) is 3.51. The SMILES string of the molecule is CC(Br)C(=O)NC(C)c1ccc(F)cc1F. The largest absolute Gasteiger partial charge is 0.349 e. The van der Waals surface area contributed by atoms with Crippen molar-refractivity contribution in [1.29, 1.82) is 0 Å². The van der Waals surface area contributed by atoms with E-state index in [4.69, 9.17) is 0 Å². The molecule has 1 aromatic carbocycles. The van der Waals surface area contributed by atoms with Gasteiger partial charge < -0.3 is 5.32 Å². The highest BCUT2D eigenvalue weighted by Gasteiger charge is 2.16. The second-order valence-corrected chi connectivity index (χ2v) is 4.89. The summed E-state index contributed by atoms with van der Waals surface area (Å²) in [5.41, 5.74) is 0.267. The first-order valence-corrected chi connectivity index (χ1v) is 5.72. The van der Waals surface area contributed by atoms with Crippen LogP contribution in [0.3, 0.4) is 0 Å². The minimum atomic E-state index is -0.657. The molecule has 0 bridgehead atoms. The zero-order valence-corrected chi connectivity index (χ0v) is 10.5. The summed E-state index contributed by atoms with van der Waals surface area (Å²) in [6.45, 7) is 3.31.